The Balaban J connectivity index is 1.59. The number of hydrogen-bond donors (Lipinski definition) is 2. The summed E-state index contributed by atoms with van der Waals surface area (Å²) in [5.41, 5.74) is 0.925. The standard InChI is InChI=1S/C16H19NO3/c18-15(13-8-11-7-12(11)9-13)17-14(16(19)20)6-10-4-2-1-3-5-10/h1-5,11-14H,6-9H2,(H,17,18)(H,19,20). The molecule has 1 amide bonds. The highest BCUT2D eigenvalue weighted by atomic mass is 16.4. The Morgan fingerprint density at radius 2 is 1.80 bits per heavy atom. The number of aliphatic carboxylic acids is 1. The van der Waals surface area contributed by atoms with E-state index in [-0.39, 0.29) is 11.8 Å². The summed E-state index contributed by atoms with van der Waals surface area (Å²) in [6.07, 6.45) is 3.47. The first-order valence-electron chi connectivity index (χ1n) is 7.20. The van der Waals surface area contributed by atoms with Gasteiger partial charge in [0.15, 0.2) is 0 Å². The van der Waals surface area contributed by atoms with E-state index in [0.717, 1.165) is 30.2 Å². The Bertz CT molecular complexity index is 504. The van der Waals surface area contributed by atoms with Crippen molar-refractivity contribution >= 4 is 11.9 Å². The molecular weight excluding hydrogens is 254 g/mol. The lowest BCUT2D eigenvalue weighted by Gasteiger charge is -2.18. The topological polar surface area (TPSA) is 66.4 Å². The van der Waals surface area contributed by atoms with Gasteiger partial charge in [0.1, 0.15) is 6.04 Å². The average molecular weight is 273 g/mol. The van der Waals surface area contributed by atoms with Gasteiger partial charge in [-0.3, -0.25) is 4.79 Å². The molecule has 4 nitrogen and oxygen atoms in total. The summed E-state index contributed by atoms with van der Waals surface area (Å²) < 4.78 is 0. The molecule has 3 atom stereocenters. The molecule has 0 heterocycles. The molecule has 0 aromatic heterocycles. The Morgan fingerprint density at radius 1 is 1.15 bits per heavy atom. The Kier molecular flexibility index (Phi) is 3.47. The first-order valence-corrected chi connectivity index (χ1v) is 7.20. The van der Waals surface area contributed by atoms with Gasteiger partial charge in [-0.05, 0) is 36.7 Å². The highest BCUT2D eigenvalue weighted by Crippen LogP contribution is 2.54. The summed E-state index contributed by atoms with van der Waals surface area (Å²) in [7, 11) is 0. The van der Waals surface area contributed by atoms with Gasteiger partial charge in [-0.25, -0.2) is 4.79 Å². The minimum atomic E-state index is -0.967. The van der Waals surface area contributed by atoms with Crippen LogP contribution in [0, 0.1) is 17.8 Å². The fraction of sp³-hybridized carbons (Fsp3) is 0.500. The second kappa shape index (κ2) is 5.27. The Morgan fingerprint density at radius 3 is 2.40 bits per heavy atom. The molecule has 106 valence electrons. The molecule has 1 aromatic rings. The van der Waals surface area contributed by atoms with Crippen LogP contribution in [0.1, 0.15) is 24.8 Å². The van der Waals surface area contributed by atoms with Crippen molar-refractivity contribution in [1.29, 1.82) is 0 Å². The van der Waals surface area contributed by atoms with E-state index < -0.39 is 12.0 Å². The van der Waals surface area contributed by atoms with Crippen molar-refractivity contribution in [2.24, 2.45) is 17.8 Å². The third-order valence-corrected chi connectivity index (χ3v) is 4.51. The number of carbonyl (C=O) groups excluding carboxylic acids is 1. The molecule has 2 fully saturated rings. The summed E-state index contributed by atoms with van der Waals surface area (Å²) >= 11 is 0. The van der Waals surface area contributed by atoms with Crippen LogP contribution in [0.25, 0.3) is 0 Å². The quantitative estimate of drug-likeness (QED) is 0.860. The van der Waals surface area contributed by atoms with Gasteiger partial charge in [-0.1, -0.05) is 30.3 Å². The lowest BCUT2D eigenvalue weighted by atomic mass is 10.0. The van der Waals surface area contributed by atoms with Crippen molar-refractivity contribution in [2.45, 2.75) is 31.7 Å². The summed E-state index contributed by atoms with van der Waals surface area (Å²) in [4.78, 5) is 23.5. The second-order valence-electron chi connectivity index (χ2n) is 6.01. The van der Waals surface area contributed by atoms with Crippen LogP contribution < -0.4 is 5.32 Å². The predicted octanol–water partition coefficient (Wildman–Crippen LogP) is 1.84. The zero-order valence-corrected chi connectivity index (χ0v) is 11.3. The first kappa shape index (κ1) is 13.2. The summed E-state index contributed by atoms with van der Waals surface area (Å²) in [6.45, 7) is 0. The number of rotatable bonds is 5. The largest absolute Gasteiger partial charge is 0.480 e. The summed E-state index contributed by atoms with van der Waals surface area (Å²) in [6, 6.07) is 8.57. The second-order valence-corrected chi connectivity index (χ2v) is 6.01. The zero-order chi connectivity index (χ0) is 14.1. The molecule has 3 unspecified atom stereocenters. The van der Waals surface area contributed by atoms with Crippen LogP contribution in [-0.2, 0) is 16.0 Å². The first-order chi connectivity index (χ1) is 9.63. The fourth-order valence-electron chi connectivity index (χ4n) is 3.27. The summed E-state index contributed by atoms with van der Waals surface area (Å²) in [5, 5.41) is 12.0. The van der Waals surface area contributed by atoms with E-state index in [1.807, 2.05) is 30.3 Å². The molecule has 2 aliphatic carbocycles. The van der Waals surface area contributed by atoms with Gasteiger partial charge in [0.05, 0.1) is 0 Å². The molecule has 1 aromatic carbocycles. The van der Waals surface area contributed by atoms with Gasteiger partial charge in [-0.15, -0.1) is 0 Å². The number of carbonyl (C=O) groups is 2. The molecule has 20 heavy (non-hydrogen) atoms. The van der Waals surface area contributed by atoms with Crippen LogP contribution in [0.4, 0.5) is 0 Å². The molecule has 0 radical (unpaired) electrons. The van der Waals surface area contributed by atoms with Crippen molar-refractivity contribution < 1.29 is 14.7 Å². The van der Waals surface area contributed by atoms with Gasteiger partial charge < -0.3 is 10.4 Å². The molecule has 2 saturated carbocycles. The normalized spacial score (nSPS) is 28.5. The number of fused-ring (bicyclic) bond motifs is 1. The number of carboxylic acid groups (broad SMARTS) is 1. The predicted molar refractivity (Wildman–Crippen MR) is 74.0 cm³/mol. The van der Waals surface area contributed by atoms with Gasteiger partial charge in [0.25, 0.3) is 0 Å². The van der Waals surface area contributed by atoms with E-state index in [4.69, 9.17) is 0 Å². The number of benzene rings is 1. The van der Waals surface area contributed by atoms with Crippen LogP contribution in [-0.4, -0.2) is 23.0 Å². The van der Waals surface area contributed by atoms with Crippen LogP contribution in [0.5, 0.6) is 0 Å². The molecule has 0 saturated heterocycles. The summed E-state index contributed by atoms with van der Waals surface area (Å²) in [5.74, 6) is 0.425. The molecular formula is C16H19NO3. The maximum absolute atomic E-state index is 12.1. The molecule has 2 N–H and O–H groups in total. The Hall–Kier alpha value is -1.84. The van der Waals surface area contributed by atoms with E-state index in [9.17, 15) is 14.7 Å². The molecule has 0 aliphatic heterocycles. The zero-order valence-electron chi connectivity index (χ0n) is 11.3. The molecule has 4 heteroatoms. The number of hydrogen-bond acceptors (Lipinski definition) is 2. The molecule has 2 aliphatic rings. The number of carboxylic acids is 1. The van der Waals surface area contributed by atoms with Gasteiger partial charge >= 0.3 is 5.97 Å². The van der Waals surface area contributed by atoms with Gasteiger partial charge in [0, 0.05) is 12.3 Å². The third kappa shape index (κ3) is 2.84. The molecule has 3 rings (SSSR count). The SMILES string of the molecule is O=C(NC(Cc1ccccc1)C(=O)O)C1CC2CC2C1. The van der Waals surface area contributed by atoms with Crippen LogP contribution in [0.2, 0.25) is 0 Å². The van der Waals surface area contributed by atoms with Crippen molar-refractivity contribution in [1.82, 2.24) is 5.32 Å². The lowest BCUT2D eigenvalue weighted by molar-refractivity contribution is -0.142. The highest BCUT2D eigenvalue weighted by Gasteiger charge is 2.48. The molecule has 0 spiro atoms. The monoisotopic (exact) mass is 273 g/mol. The smallest absolute Gasteiger partial charge is 0.326 e. The Labute approximate surface area is 118 Å². The van der Waals surface area contributed by atoms with E-state index in [1.54, 1.807) is 0 Å². The maximum atomic E-state index is 12.1. The van der Waals surface area contributed by atoms with Crippen molar-refractivity contribution in [3.8, 4) is 0 Å². The fourth-order valence-corrected chi connectivity index (χ4v) is 3.27. The lowest BCUT2D eigenvalue weighted by Crippen LogP contribution is -2.44. The van der Waals surface area contributed by atoms with Crippen molar-refractivity contribution in [3.63, 3.8) is 0 Å². The van der Waals surface area contributed by atoms with E-state index in [0.29, 0.717) is 6.42 Å². The third-order valence-electron chi connectivity index (χ3n) is 4.51. The highest BCUT2D eigenvalue weighted by molar-refractivity contribution is 5.85. The van der Waals surface area contributed by atoms with Crippen LogP contribution >= 0.6 is 0 Å². The average Bonchev–Trinajstić information content (AvgIpc) is 3.05. The van der Waals surface area contributed by atoms with E-state index in [1.165, 1.54) is 6.42 Å². The molecule has 0 bridgehead atoms. The minimum Gasteiger partial charge on any atom is -0.480 e. The van der Waals surface area contributed by atoms with Crippen LogP contribution in [0.3, 0.4) is 0 Å². The number of nitrogens with one attached hydrogen (secondary N) is 1. The van der Waals surface area contributed by atoms with Gasteiger partial charge in [0.2, 0.25) is 5.91 Å². The number of amides is 1. The van der Waals surface area contributed by atoms with Gasteiger partial charge in [-0.2, -0.15) is 0 Å². The van der Waals surface area contributed by atoms with Crippen molar-refractivity contribution in [2.75, 3.05) is 0 Å². The van der Waals surface area contributed by atoms with Crippen LogP contribution in [0.15, 0.2) is 30.3 Å². The minimum absolute atomic E-state index is 0.0244. The van der Waals surface area contributed by atoms with E-state index in [2.05, 4.69) is 5.32 Å². The van der Waals surface area contributed by atoms with E-state index >= 15 is 0 Å². The van der Waals surface area contributed by atoms with Crippen molar-refractivity contribution in [3.05, 3.63) is 35.9 Å². The maximum Gasteiger partial charge on any atom is 0.326 e.